The highest BCUT2D eigenvalue weighted by Gasteiger charge is 2.29. The molecule has 1 aromatic carbocycles. The van der Waals surface area contributed by atoms with Gasteiger partial charge in [-0.15, -0.1) is 0 Å². The maximum Gasteiger partial charge on any atom is 0.303 e. The number of aromatic nitrogens is 2. The molecule has 2 aromatic rings. The second-order valence-corrected chi connectivity index (χ2v) is 5.70. The van der Waals surface area contributed by atoms with Crippen molar-refractivity contribution in [3.63, 3.8) is 0 Å². The van der Waals surface area contributed by atoms with Gasteiger partial charge in [0.2, 0.25) is 0 Å². The minimum absolute atomic E-state index is 0.00666. The largest absolute Gasteiger partial charge is 0.481 e. The highest BCUT2D eigenvalue weighted by Crippen LogP contribution is 2.25. The van der Waals surface area contributed by atoms with Crippen LogP contribution in [0, 0.1) is 0 Å². The number of carbonyl (C=O) groups is 2. The molecule has 0 aliphatic carbocycles. The van der Waals surface area contributed by atoms with Crippen LogP contribution in [0.1, 0.15) is 42.6 Å². The van der Waals surface area contributed by atoms with Gasteiger partial charge >= 0.3 is 5.97 Å². The lowest BCUT2D eigenvalue weighted by Crippen LogP contribution is -2.44. The smallest absolute Gasteiger partial charge is 0.303 e. The van der Waals surface area contributed by atoms with Crippen LogP contribution < -0.4 is 0 Å². The number of aromatic amines is 1. The maximum absolute atomic E-state index is 12.8. The Balaban J connectivity index is 1.83. The topological polar surface area (TPSA) is 86.3 Å². The van der Waals surface area contributed by atoms with Crippen molar-refractivity contribution in [3.05, 3.63) is 30.0 Å². The van der Waals surface area contributed by atoms with Gasteiger partial charge in [0.15, 0.2) is 5.69 Å². The predicted octanol–water partition coefficient (Wildman–Crippen LogP) is 2.42. The second-order valence-electron chi connectivity index (χ2n) is 5.70. The fraction of sp³-hybridized carbons (Fsp3) is 0.438. The molecule has 22 heavy (non-hydrogen) atoms. The van der Waals surface area contributed by atoms with Crippen molar-refractivity contribution in [2.45, 2.75) is 38.1 Å². The average Bonchev–Trinajstić information content (AvgIpc) is 2.96. The molecule has 1 saturated heterocycles. The molecule has 2 N–H and O–H groups in total. The van der Waals surface area contributed by atoms with Gasteiger partial charge in [0.05, 0.1) is 5.52 Å². The molecule has 2 heterocycles. The zero-order valence-electron chi connectivity index (χ0n) is 12.3. The van der Waals surface area contributed by atoms with Crippen molar-refractivity contribution in [1.82, 2.24) is 15.1 Å². The molecule has 116 valence electrons. The minimum atomic E-state index is -0.816. The minimum Gasteiger partial charge on any atom is -0.481 e. The van der Waals surface area contributed by atoms with Crippen LogP contribution in [0.25, 0.3) is 10.9 Å². The quantitative estimate of drug-likeness (QED) is 0.908. The zero-order valence-corrected chi connectivity index (χ0v) is 12.3. The lowest BCUT2D eigenvalue weighted by molar-refractivity contribution is -0.137. The number of hydrogen-bond acceptors (Lipinski definition) is 3. The Morgan fingerprint density at radius 2 is 2.14 bits per heavy atom. The first-order valence-electron chi connectivity index (χ1n) is 7.62. The molecule has 1 aliphatic rings. The molecule has 6 nitrogen and oxygen atoms in total. The van der Waals surface area contributed by atoms with E-state index in [9.17, 15) is 9.59 Å². The first kappa shape index (κ1) is 14.6. The summed E-state index contributed by atoms with van der Waals surface area (Å²) in [4.78, 5) is 25.4. The number of carboxylic acid groups (broad SMARTS) is 1. The lowest BCUT2D eigenvalue weighted by atomic mass is 9.97. The standard InChI is InChI=1S/C16H19N3O3/c20-14(21)9-8-11-5-3-4-10-19(11)16(22)15-12-6-1-2-7-13(12)17-18-15/h1-2,6-7,11H,3-5,8-10H2,(H,17,18)(H,20,21). The van der Waals surface area contributed by atoms with Gasteiger partial charge in [-0.25, -0.2) is 0 Å². The third kappa shape index (κ3) is 2.81. The maximum atomic E-state index is 12.8. The van der Waals surface area contributed by atoms with Crippen molar-refractivity contribution in [1.29, 1.82) is 0 Å². The molecule has 1 fully saturated rings. The fourth-order valence-electron chi connectivity index (χ4n) is 3.12. The first-order valence-corrected chi connectivity index (χ1v) is 7.62. The van der Waals surface area contributed by atoms with Gasteiger partial charge in [-0.2, -0.15) is 5.10 Å². The van der Waals surface area contributed by atoms with E-state index < -0.39 is 5.97 Å². The van der Waals surface area contributed by atoms with Crippen LogP contribution in [0.4, 0.5) is 0 Å². The van der Waals surface area contributed by atoms with E-state index in [0.29, 0.717) is 18.7 Å². The van der Waals surface area contributed by atoms with Gasteiger partial charge < -0.3 is 10.0 Å². The Hall–Kier alpha value is -2.37. The fourth-order valence-corrected chi connectivity index (χ4v) is 3.12. The van der Waals surface area contributed by atoms with E-state index in [1.165, 1.54) is 0 Å². The number of rotatable bonds is 4. The Morgan fingerprint density at radius 1 is 1.32 bits per heavy atom. The average molecular weight is 301 g/mol. The summed E-state index contributed by atoms with van der Waals surface area (Å²) in [6, 6.07) is 7.53. The van der Waals surface area contributed by atoms with Gasteiger partial charge in [-0.05, 0) is 31.7 Å². The van der Waals surface area contributed by atoms with Crippen LogP contribution in [0.5, 0.6) is 0 Å². The van der Waals surface area contributed by atoms with Gasteiger partial charge in [-0.1, -0.05) is 18.2 Å². The Morgan fingerprint density at radius 3 is 2.95 bits per heavy atom. The monoisotopic (exact) mass is 301 g/mol. The van der Waals surface area contributed by atoms with E-state index in [1.54, 1.807) is 4.90 Å². The number of piperidine rings is 1. The van der Waals surface area contributed by atoms with Crippen LogP contribution in [0.2, 0.25) is 0 Å². The molecule has 1 aliphatic heterocycles. The summed E-state index contributed by atoms with van der Waals surface area (Å²) in [6.45, 7) is 0.671. The third-order valence-corrected chi connectivity index (χ3v) is 4.25. The number of aliphatic carboxylic acids is 1. The van der Waals surface area contributed by atoms with E-state index in [0.717, 1.165) is 30.2 Å². The molecule has 0 saturated carbocycles. The van der Waals surface area contributed by atoms with E-state index in [2.05, 4.69) is 10.2 Å². The summed E-state index contributed by atoms with van der Waals surface area (Å²) in [7, 11) is 0. The number of likely N-dealkylation sites (tertiary alicyclic amines) is 1. The third-order valence-electron chi connectivity index (χ3n) is 4.25. The lowest BCUT2D eigenvalue weighted by Gasteiger charge is -2.35. The van der Waals surface area contributed by atoms with E-state index in [1.807, 2.05) is 24.3 Å². The highest BCUT2D eigenvalue weighted by molar-refractivity contribution is 6.04. The number of carboxylic acids is 1. The number of benzene rings is 1. The predicted molar refractivity (Wildman–Crippen MR) is 81.6 cm³/mol. The molecule has 1 atom stereocenters. The van der Waals surface area contributed by atoms with Crippen molar-refractivity contribution < 1.29 is 14.7 Å². The van der Waals surface area contributed by atoms with Crippen molar-refractivity contribution in [2.75, 3.05) is 6.54 Å². The summed E-state index contributed by atoms with van der Waals surface area (Å²) in [5.41, 5.74) is 1.27. The van der Waals surface area contributed by atoms with E-state index in [-0.39, 0.29) is 18.4 Å². The molecule has 1 unspecified atom stereocenters. The molecule has 1 amide bonds. The van der Waals surface area contributed by atoms with Gasteiger partial charge in [-0.3, -0.25) is 14.7 Å². The zero-order chi connectivity index (χ0) is 15.5. The van der Waals surface area contributed by atoms with Gasteiger partial charge in [0.1, 0.15) is 0 Å². The van der Waals surface area contributed by atoms with E-state index in [4.69, 9.17) is 5.11 Å². The van der Waals surface area contributed by atoms with Crippen LogP contribution in [-0.4, -0.2) is 44.7 Å². The summed E-state index contributed by atoms with van der Waals surface area (Å²) >= 11 is 0. The number of carbonyl (C=O) groups excluding carboxylic acids is 1. The second kappa shape index (κ2) is 6.17. The molecule has 3 rings (SSSR count). The Kier molecular flexibility index (Phi) is 4.09. The van der Waals surface area contributed by atoms with Crippen LogP contribution in [0.3, 0.4) is 0 Å². The van der Waals surface area contributed by atoms with E-state index >= 15 is 0 Å². The SMILES string of the molecule is O=C(O)CCC1CCCCN1C(=O)c1n[nH]c2ccccc12. The number of nitrogens with zero attached hydrogens (tertiary/aromatic N) is 2. The van der Waals surface area contributed by atoms with Crippen LogP contribution in [-0.2, 0) is 4.79 Å². The summed E-state index contributed by atoms with van der Waals surface area (Å²) < 4.78 is 0. The molecular weight excluding hydrogens is 282 g/mol. The van der Waals surface area contributed by atoms with Crippen LogP contribution >= 0.6 is 0 Å². The van der Waals surface area contributed by atoms with Crippen molar-refractivity contribution in [3.8, 4) is 0 Å². The van der Waals surface area contributed by atoms with Crippen molar-refractivity contribution in [2.24, 2.45) is 0 Å². The number of hydrogen-bond donors (Lipinski definition) is 2. The molecule has 1 aromatic heterocycles. The number of amides is 1. The molecule has 0 bridgehead atoms. The number of para-hydroxylation sites is 1. The normalized spacial score (nSPS) is 18.5. The van der Waals surface area contributed by atoms with Crippen LogP contribution in [0.15, 0.2) is 24.3 Å². The van der Waals surface area contributed by atoms with Gasteiger partial charge in [0, 0.05) is 24.4 Å². The summed E-state index contributed by atoms with van der Waals surface area (Å²) in [5, 5.41) is 16.7. The Labute approximate surface area is 128 Å². The number of nitrogens with one attached hydrogen (secondary N) is 1. The Bertz CT molecular complexity index is 695. The van der Waals surface area contributed by atoms with Crippen molar-refractivity contribution >= 4 is 22.8 Å². The first-order chi connectivity index (χ1) is 10.7. The summed E-state index contributed by atoms with van der Waals surface area (Å²) in [5.74, 6) is -0.921. The highest BCUT2D eigenvalue weighted by atomic mass is 16.4. The number of H-pyrrole nitrogens is 1. The van der Waals surface area contributed by atoms with Gasteiger partial charge in [0.25, 0.3) is 5.91 Å². The summed E-state index contributed by atoms with van der Waals surface area (Å²) in [6.07, 6.45) is 3.45. The molecule has 0 spiro atoms. The molecule has 0 radical (unpaired) electrons. The molecular formula is C16H19N3O3. The number of fused-ring (bicyclic) bond motifs is 1. The molecule has 6 heteroatoms.